The largest absolute Gasteiger partial charge is 0.497 e. The number of hydrogen-bond acceptors (Lipinski definition) is 6. The molecular weight excluding hydrogens is 608 g/mol. The molecule has 0 aliphatic rings. The highest BCUT2D eigenvalue weighted by Gasteiger charge is 2.30. The zero-order valence-electron chi connectivity index (χ0n) is 27.7. The van der Waals surface area contributed by atoms with Crippen molar-refractivity contribution in [3.05, 3.63) is 145 Å². The average molecular weight is 643 g/mol. The van der Waals surface area contributed by atoms with Gasteiger partial charge in [-0.15, -0.1) is 0 Å². The summed E-state index contributed by atoms with van der Waals surface area (Å²) in [7, 11) is 3.37. The van der Waals surface area contributed by atoms with Crippen molar-refractivity contribution < 1.29 is 9.47 Å². The Morgan fingerprint density at radius 2 is 0.959 bits per heavy atom. The highest BCUT2D eigenvalue weighted by Crippen LogP contribution is 2.39. The number of rotatable bonds is 8. The normalized spacial score (nSPS) is 11.7. The minimum Gasteiger partial charge on any atom is -0.497 e. The van der Waals surface area contributed by atoms with Crippen LogP contribution in [0.15, 0.2) is 134 Å². The first kappa shape index (κ1) is 30.1. The Bertz CT molecular complexity index is 2280. The van der Waals surface area contributed by atoms with Gasteiger partial charge in [-0.05, 0) is 62.4 Å². The Morgan fingerprint density at radius 1 is 0.531 bits per heavy atom. The number of benzene rings is 2. The maximum Gasteiger partial charge on any atom is 0.145 e. The summed E-state index contributed by atoms with van der Waals surface area (Å²) in [5, 5.41) is 2.00. The topological polar surface area (TPSA) is 79.9 Å². The quantitative estimate of drug-likeness (QED) is 0.165. The second-order valence-electron chi connectivity index (χ2n) is 12.4. The van der Waals surface area contributed by atoms with Gasteiger partial charge in [-0.25, -0.2) is 9.97 Å². The minimum atomic E-state index is -0.640. The average Bonchev–Trinajstić information content (AvgIpc) is 3.75. The molecule has 0 bridgehead atoms. The molecule has 0 saturated carbocycles. The Balaban J connectivity index is 1.27. The van der Waals surface area contributed by atoms with Crippen LogP contribution in [0.2, 0.25) is 0 Å². The predicted octanol–water partition coefficient (Wildman–Crippen LogP) is 8.83. The summed E-state index contributed by atoms with van der Waals surface area (Å²) in [4.78, 5) is 20.1. The fraction of sp³-hybridized carbons (Fsp3) is 0.122. The van der Waals surface area contributed by atoms with Crippen LogP contribution in [0.25, 0.3) is 56.0 Å². The van der Waals surface area contributed by atoms with Crippen molar-refractivity contribution in [2.24, 2.45) is 0 Å². The lowest BCUT2D eigenvalue weighted by Crippen LogP contribution is -2.23. The van der Waals surface area contributed by atoms with Gasteiger partial charge in [-0.2, -0.15) is 0 Å². The summed E-state index contributed by atoms with van der Waals surface area (Å²) in [6.45, 7) is 4.27. The van der Waals surface area contributed by atoms with Gasteiger partial charge in [0, 0.05) is 87.7 Å². The molecule has 6 heterocycles. The lowest BCUT2D eigenvalue weighted by Gasteiger charge is -2.26. The van der Waals surface area contributed by atoms with E-state index in [1.165, 1.54) is 0 Å². The molecular formula is C41H34N6O2. The van der Waals surface area contributed by atoms with E-state index < -0.39 is 5.41 Å². The van der Waals surface area contributed by atoms with Crippen molar-refractivity contribution >= 4 is 22.1 Å². The molecule has 0 amide bonds. The molecule has 8 nitrogen and oxygen atoms in total. The molecule has 240 valence electrons. The van der Waals surface area contributed by atoms with E-state index in [1.807, 2.05) is 85.2 Å². The first-order chi connectivity index (χ1) is 23.9. The number of hydrogen-bond donors (Lipinski definition) is 0. The van der Waals surface area contributed by atoms with E-state index in [-0.39, 0.29) is 0 Å². The third-order valence-corrected chi connectivity index (χ3v) is 9.10. The Morgan fingerprint density at radius 3 is 1.37 bits per heavy atom. The van der Waals surface area contributed by atoms with Crippen LogP contribution in [-0.4, -0.2) is 43.3 Å². The molecule has 0 radical (unpaired) electrons. The van der Waals surface area contributed by atoms with Gasteiger partial charge in [0.1, 0.15) is 22.8 Å². The van der Waals surface area contributed by atoms with Crippen LogP contribution in [0.1, 0.15) is 25.2 Å². The summed E-state index contributed by atoms with van der Waals surface area (Å²) in [5.74, 6) is 1.41. The standard InChI is InChI=1S/C41H34N6O2/c1-41(2,37-23-29(48-3)21-35(44-37)33-25-46(27-13-7-5-8-14-27)39-31(33)17-11-19-42-39)38-24-30(49-4)22-36(45-38)34-26-47(28-15-9-6-10-16-28)40-32(34)18-12-20-43-40/h5-26H,1-4H3. The second-order valence-corrected chi connectivity index (χ2v) is 12.4. The third-order valence-electron chi connectivity index (χ3n) is 9.10. The Labute approximate surface area is 284 Å². The van der Waals surface area contributed by atoms with Crippen molar-refractivity contribution in [1.82, 2.24) is 29.1 Å². The van der Waals surface area contributed by atoms with E-state index in [9.17, 15) is 0 Å². The van der Waals surface area contributed by atoms with Gasteiger partial charge in [0.2, 0.25) is 0 Å². The summed E-state index contributed by atoms with van der Waals surface area (Å²) < 4.78 is 15.9. The van der Waals surface area contributed by atoms with E-state index in [4.69, 9.17) is 29.4 Å². The number of fused-ring (bicyclic) bond motifs is 2. The number of nitrogens with zero attached hydrogens (tertiary/aromatic N) is 6. The fourth-order valence-electron chi connectivity index (χ4n) is 6.39. The van der Waals surface area contributed by atoms with Gasteiger partial charge in [0.15, 0.2) is 0 Å². The molecule has 0 atom stereocenters. The molecule has 0 aliphatic heterocycles. The van der Waals surface area contributed by atoms with Crippen LogP contribution < -0.4 is 9.47 Å². The third kappa shape index (κ3) is 5.27. The van der Waals surface area contributed by atoms with Gasteiger partial charge in [-0.3, -0.25) is 9.97 Å². The first-order valence-corrected chi connectivity index (χ1v) is 16.1. The van der Waals surface area contributed by atoms with E-state index in [0.717, 1.165) is 67.3 Å². The van der Waals surface area contributed by atoms with Crippen LogP contribution in [0.4, 0.5) is 0 Å². The van der Waals surface area contributed by atoms with Crippen LogP contribution in [0, 0.1) is 0 Å². The fourth-order valence-corrected chi connectivity index (χ4v) is 6.39. The van der Waals surface area contributed by atoms with Gasteiger partial charge in [0.25, 0.3) is 0 Å². The number of para-hydroxylation sites is 2. The maximum atomic E-state index is 5.87. The smallest absolute Gasteiger partial charge is 0.145 e. The molecule has 0 fully saturated rings. The van der Waals surface area contributed by atoms with Crippen molar-refractivity contribution in [2.45, 2.75) is 19.3 Å². The van der Waals surface area contributed by atoms with E-state index in [1.54, 1.807) is 14.2 Å². The van der Waals surface area contributed by atoms with E-state index >= 15 is 0 Å². The monoisotopic (exact) mass is 642 g/mol. The summed E-state index contributed by atoms with van der Waals surface area (Å²) in [6.07, 6.45) is 7.84. The van der Waals surface area contributed by atoms with Crippen molar-refractivity contribution in [2.75, 3.05) is 14.2 Å². The maximum absolute atomic E-state index is 5.87. The van der Waals surface area contributed by atoms with Crippen molar-refractivity contribution in [3.63, 3.8) is 0 Å². The molecule has 8 rings (SSSR count). The van der Waals surface area contributed by atoms with Crippen molar-refractivity contribution in [3.8, 4) is 45.4 Å². The molecule has 8 aromatic rings. The molecule has 0 saturated heterocycles. The number of ether oxygens (including phenoxy) is 2. The van der Waals surface area contributed by atoms with Crippen LogP contribution in [0.3, 0.4) is 0 Å². The van der Waals surface area contributed by atoms with Gasteiger partial charge in [0.05, 0.1) is 37.0 Å². The first-order valence-electron chi connectivity index (χ1n) is 16.1. The van der Waals surface area contributed by atoms with E-state index in [0.29, 0.717) is 11.5 Å². The van der Waals surface area contributed by atoms with E-state index in [2.05, 4.69) is 71.8 Å². The SMILES string of the molecule is COc1cc(-c2cn(-c3ccccc3)c3ncccc23)nc(C(C)(C)c2cc(OC)cc(-c3cn(-c4ccccc4)c4ncccc34)n2)c1. The second kappa shape index (κ2) is 12.1. The molecule has 0 unspecified atom stereocenters. The Kier molecular flexibility index (Phi) is 7.41. The lowest BCUT2D eigenvalue weighted by atomic mass is 9.84. The molecule has 49 heavy (non-hydrogen) atoms. The molecule has 0 spiro atoms. The molecule has 0 aliphatic carbocycles. The predicted molar refractivity (Wildman–Crippen MR) is 194 cm³/mol. The summed E-state index contributed by atoms with van der Waals surface area (Å²) in [6, 6.07) is 36.4. The zero-order chi connectivity index (χ0) is 33.5. The summed E-state index contributed by atoms with van der Waals surface area (Å²) in [5.41, 5.74) is 8.25. The molecule has 6 aromatic heterocycles. The lowest BCUT2D eigenvalue weighted by molar-refractivity contribution is 0.409. The van der Waals surface area contributed by atoms with Crippen LogP contribution in [0.5, 0.6) is 11.5 Å². The van der Waals surface area contributed by atoms with Crippen molar-refractivity contribution in [1.29, 1.82) is 0 Å². The van der Waals surface area contributed by atoms with Gasteiger partial charge >= 0.3 is 0 Å². The van der Waals surface area contributed by atoms with Crippen LogP contribution in [-0.2, 0) is 5.41 Å². The van der Waals surface area contributed by atoms with Crippen LogP contribution >= 0.6 is 0 Å². The number of methoxy groups -OCH3 is 2. The number of aromatic nitrogens is 6. The molecule has 2 aromatic carbocycles. The highest BCUT2D eigenvalue weighted by molar-refractivity contribution is 5.95. The number of pyridine rings is 4. The summed E-state index contributed by atoms with van der Waals surface area (Å²) >= 11 is 0. The van der Waals surface area contributed by atoms with Gasteiger partial charge < -0.3 is 18.6 Å². The Hall–Kier alpha value is -6.28. The zero-order valence-corrected chi connectivity index (χ0v) is 27.7. The highest BCUT2D eigenvalue weighted by atomic mass is 16.5. The minimum absolute atomic E-state index is 0.640. The molecule has 8 heteroatoms. The molecule has 0 N–H and O–H groups in total. The van der Waals surface area contributed by atoms with Gasteiger partial charge in [-0.1, -0.05) is 36.4 Å².